The van der Waals surface area contributed by atoms with E-state index in [4.69, 9.17) is 11.6 Å². The van der Waals surface area contributed by atoms with Crippen LogP contribution in [0, 0.1) is 5.92 Å². The molecule has 1 amide bonds. The molecule has 2 aromatic rings. The summed E-state index contributed by atoms with van der Waals surface area (Å²) in [5.74, 6) is 0.494. The van der Waals surface area contributed by atoms with Gasteiger partial charge in [0.15, 0.2) is 0 Å². The highest BCUT2D eigenvalue weighted by Crippen LogP contribution is 2.41. The molecule has 1 N–H and O–H groups in total. The van der Waals surface area contributed by atoms with Gasteiger partial charge in [-0.2, -0.15) is 0 Å². The highest BCUT2D eigenvalue weighted by atomic mass is 35.5. The molecule has 1 atom stereocenters. The molecule has 0 aromatic heterocycles. The number of halogens is 1. The van der Waals surface area contributed by atoms with Crippen molar-refractivity contribution in [2.45, 2.75) is 18.9 Å². The summed E-state index contributed by atoms with van der Waals surface area (Å²) >= 11 is 5.94. The number of carbonyl (C=O) groups is 1. The Morgan fingerprint density at radius 1 is 1.10 bits per heavy atom. The minimum absolute atomic E-state index is 0.0618. The minimum Gasteiger partial charge on any atom is -0.345 e. The summed E-state index contributed by atoms with van der Waals surface area (Å²) < 4.78 is 0. The van der Waals surface area contributed by atoms with Crippen molar-refractivity contribution in [3.05, 3.63) is 70.7 Å². The summed E-state index contributed by atoms with van der Waals surface area (Å²) in [5.41, 5.74) is 1.78. The highest BCUT2D eigenvalue weighted by molar-refractivity contribution is 6.30. The van der Waals surface area contributed by atoms with E-state index in [0.717, 1.165) is 0 Å². The number of benzene rings is 2. The maximum absolute atomic E-state index is 12.3. The number of nitrogens with one attached hydrogen (secondary N) is 1. The molecule has 3 rings (SSSR count). The molecule has 0 heterocycles. The van der Waals surface area contributed by atoms with Crippen LogP contribution in [0.15, 0.2) is 54.6 Å². The van der Waals surface area contributed by atoms with E-state index in [9.17, 15) is 4.79 Å². The van der Waals surface area contributed by atoms with Crippen LogP contribution in [0.4, 0.5) is 0 Å². The topological polar surface area (TPSA) is 29.1 Å². The fourth-order valence-corrected chi connectivity index (χ4v) is 2.61. The smallest absolute Gasteiger partial charge is 0.251 e. The van der Waals surface area contributed by atoms with Crippen LogP contribution < -0.4 is 5.32 Å². The Kier molecular flexibility index (Phi) is 3.75. The first-order valence-corrected chi connectivity index (χ1v) is 7.23. The van der Waals surface area contributed by atoms with Gasteiger partial charge in [0.1, 0.15) is 0 Å². The zero-order valence-electron chi connectivity index (χ0n) is 11.1. The summed E-state index contributed by atoms with van der Waals surface area (Å²) in [4.78, 5) is 12.3. The Hall–Kier alpha value is -1.80. The van der Waals surface area contributed by atoms with Gasteiger partial charge in [-0.15, -0.1) is 0 Å². The lowest BCUT2D eigenvalue weighted by molar-refractivity contribution is 0.0931. The van der Waals surface area contributed by atoms with Crippen molar-refractivity contribution >= 4 is 17.5 Å². The van der Waals surface area contributed by atoms with Crippen molar-refractivity contribution in [3.8, 4) is 0 Å². The normalized spacial score (nSPS) is 15.7. The molecule has 102 valence electrons. The van der Waals surface area contributed by atoms with E-state index in [1.807, 2.05) is 18.2 Å². The second-order valence-electron chi connectivity index (χ2n) is 5.21. The number of rotatable bonds is 4. The largest absolute Gasteiger partial charge is 0.345 e. The van der Waals surface area contributed by atoms with Gasteiger partial charge in [-0.05, 0) is 42.5 Å². The van der Waals surface area contributed by atoms with Crippen LogP contribution in [-0.4, -0.2) is 5.91 Å². The van der Waals surface area contributed by atoms with Crippen molar-refractivity contribution < 1.29 is 4.79 Å². The Labute approximate surface area is 123 Å². The van der Waals surface area contributed by atoms with Gasteiger partial charge in [0.2, 0.25) is 0 Å². The first-order chi connectivity index (χ1) is 9.74. The van der Waals surface area contributed by atoms with Crippen molar-refractivity contribution in [1.82, 2.24) is 5.32 Å². The fourth-order valence-electron chi connectivity index (χ4n) is 2.42. The maximum Gasteiger partial charge on any atom is 0.251 e. The van der Waals surface area contributed by atoms with Crippen molar-refractivity contribution in [3.63, 3.8) is 0 Å². The number of amides is 1. The second kappa shape index (κ2) is 5.68. The van der Waals surface area contributed by atoms with E-state index < -0.39 is 0 Å². The zero-order chi connectivity index (χ0) is 13.9. The van der Waals surface area contributed by atoms with Gasteiger partial charge < -0.3 is 5.32 Å². The molecule has 0 unspecified atom stereocenters. The molecule has 0 radical (unpaired) electrons. The first-order valence-electron chi connectivity index (χ1n) is 6.85. The molecular formula is C17H16ClNO. The van der Waals surface area contributed by atoms with E-state index in [1.54, 1.807) is 24.3 Å². The quantitative estimate of drug-likeness (QED) is 0.895. The van der Waals surface area contributed by atoms with Crippen LogP contribution in [-0.2, 0) is 0 Å². The van der Waals surface area contributed by atoms with Crippen LogP contribution in [0.5, 0.6) is 0 Å². The third-order valence-corrected chi connectivity index (χ3v) is 3.86. The molecule has 1 aliphatic carbocycles. The minimum atomic E-state index is -0.0618. The van der Waals surface area contributed by atoms with Crippen LogP contribution in [0.25, 0.3) is 0 Å². The maximum atomic E-state index is 12.3. The third-order valence-electron chi connectivity index (χ3n) is 3.63. The second-order valence-corrected chi connectivity index (χ2v) is 5.65. The predicted molar refractivity (Wildman–Crippen MR) is 80.8 cm³/mol. The lowest BCUT2D eigenvalue weighted by Crippen LogP contribution is -2.29. The van der Waals surface area contributed by atoms with Gasteiger partial charge in [0.05, 0.1) is 6.04 Å². The van der Waals surface area contributed by atoms with Crippen LogP contribution in [0.3, 0.4) is 0 Å². The van der Waals surface area contributed by atoms with Crippen LogP contribution >= 0.6 is 11.6 Å². The van der Waals surface area contributed by atoms with Crippen LogP contribution in [0.1, 0.15) is 34.8 Å². The Morgan fingerprint density at radius 2 is 1.85 bits per heavy atom. The van der Waals surface area contributed by atoms with Gasteiger partial charge >= 0.3 is 0 Å². The molecule has 0 bridgehead atoms. The Balaban J connectivity index is 1.79. The van der Waals surface area contributed by atoms with Crippen LogP contribution in [0.2, 0.25) is 5.02 Å². The number of hydrogen-bond donors (Lipinski definition) is 1. The molecule has 2 nitrogen and oxygen atoms in total. The summed E-state index contributed by atoms with van der Waals surface area (Å²) in [5, 5.41) is 3.72. The lowest BCUT2D eigenvalue weighted by atomic mass is 10.0. The zero-order valence-corrected chi connectivity index (χ0v) is 11.8. The molecular weight excluding hydrogens is 270 g/mol. The number of hydrogen-bond acceptors (Lipinski definition) is 1. The molecule has 2 aromatic carbocycles. The standard InChI is InChI=1S/C17H16ClNO/c18-15-8-4-7-14(11-15)17(20)19-16(13-9-10-13)12-5-2-1-3-6-12/h1-8,11,13,16H,9-10H2,(H,19,20)/t16-/m0/s1. The highest BCUT2D eigenvalue weighted by Gasteiger charge is 2.33. The summed E-state index contributed by atoms with van der Waals surface area (Å²) in [6.07, 6.45) is 2.35. The van der Waals surface area contributed by atoms with Crippen molar-refractivity contribution in [2.75, 3.05) is 0 Å². The average Bonchev–Trinajstić information content (AvgIpc) is 3.30. The third kappa shape index (κ3) is 3.02. The molecule has 0 spiro atoms. The van der Waals surface area contributed by atoms with E-state index in [1.165, 1.54) is 18.4 Å². The van der Waals surface area contributed by atoms with Crippen molar-refractivity contribution in [1.29, 1.82) is 0 Å². The first kappa shape index (κ1) is 13.2. The van der Waals surface area contributed by atoms with E-state index >= 15 is 0 Å². The van der Waals surface area contributed by atoms with Gasteiger partial charge in [0.25, 0.3) is 5.91 Å². The fraction of sp³-hybridized carbons (Fsp3) is 0.235. The Morgan fingerprint density at radius 3 is 2.50 bits per heavy atom. The Bertz CT molecular complexity index is 607. The van der Waals surface area contributed by atoms with Gasteiger partial charge in [-0.1, -0.05) is 48.0 Å². The van der Waals surface area contributed by atoms with Gasteiger partial charge in [0, 0.05) is 10.6 Å². The van der Waals surface area contributed by atoms with E-state index in [-0.39, 0.29) is 11.9 Å². The molecule has 1 aliphatic rings. The van der Waals surface area contributed by atoms with Gasteiger partial charge in [-0.3, -0.25) is 4.79 Å². The summed E-state index contributed by atoms with van der Waals surface area (Å²) in [6, 6.07) is 17.3. The SMILES string of the molecule is O=C(N[C@@H](c1ccccc1)C1CC1)c1cccc(Cl)c1. The lowest BCUT2D eigenvalue weighted by Gasteiger charge is -2.19. The number of carbonyl (C=O) groups excluding carboxylic acids is 1. The molecule has 1 fully saturated rings. The summed E-state index contributed by atoms with van der Waals surface area (Å²) in [6.45, 7) is 0. The molecule has 0 saturated heterocycles. The van der Waals surface area contributed by atoms with Crippen molar-refractivity contribution in [2.24, 2.45) is 5.92 Å². The molecule has 3 heteroatoms. The average molecular weight is 286 g/mol. The molecule has 0 aliphatic heterocycles. The predicted octanol–water partition coefficient (Wildman–Crippen LogP) is 4.22. The van der Waals surface area contributed by atoms with Gasteiger partial charge in [-0.25, -0.2) is 0 Å². The monoisotopic (exact) mass is 285 g/mol. The summed E-state index contributed by atoms with van der Waals surface area (Å²) in [7, 11) is 0. The van der Waals surface area contributed by atoms with E-state index in [2.05, 4.69) is 17.4 Å². The molecule has 20 heavy (non-hydrogen) atoms. The van der Waals surface area contributed by atoms with E-state index in [0.29, 0.717) is 16.5 Å². The molecule has 1 saturated carbocycles.